The molecule has 3 N–H and O–H groups in total. The van der Waals surface area contributed by atoms with Crippen molar-refractivity contribution in [1.82, 2.24) is 5.32 Å². The lowest BCUT2D eigenvalue weighted by molar-refractivity contribution is -0.143. The standard InChI is InChI=1S/C20H22N2O6S/c1-26-17-11-14(4-6-16(17)27-12-18(21)23)5-7-20(25)28-13-19(24)22-9-8-15-3-2-10-29-15/h2-7,10-11H,8-9,12-13H2,1H3,(H2,21,23)(H,22,24)/b7-5+. The van der Waals surface area contributed by atoms with Crippen LogP contribution < -0.4 is 20.5 Å². The first-order valence-corrected chi connectivity index (χ1v) is 9.59. The van der Waals surface area contributed by atoms with Crippen LogP contribution in [0, 0.1) is 0 Å². The number of methoxy groups -OCH3 is 1. The maximum atomic E-state index is 11.8. The Morgan fingerprint density at radius 1 is 1.17 bits per heavy atom. The van der Waals surface area contributed by atoms with Gasteiger partial charge in [-0.3, -0.25) is 9.59 Å². The largest absolute Gasteiger partial charge is 0.493 e. The van der Waals surface area contributed by atoms with E-state index in [0.29, 0.717) is 23.6 Å². The third-order valence-electron chi connectivity index (χ3n) is 3.59. The van der Waals surface area contributed by atoms with Crippen LogP contribution in [-0.4, -0.2) is 44.7 Å². The SMILES string of the molecule is COc1cc(/C=C/C(=O)OCC(=O)NCCc2cccs2)ccc1OCC(N)=O. The van der Waals surface area contributed by atoms with Crippen LogP contribution in [0.5, 0.6) is 11.5 Å². The Morgan fingerprint density at radius 3 is 2.69 bits per heavy atom. The maximum Gasteiger partial charge on any atom is 0.331 e. The van der Waals surface area contributed by atoms with Gasteiger partial charge in [-0.15, -0.1) is 11.3 Å². The number of ether oxygens (including phenoxy) is 3. The average Bonchev–Trinajstić information content (AvgIpc) is 3.22. The van der Waals surface area contributed by atoms with Crippen LogP contribution in [0.1, 0.15) is 10.4 Å². The Labute approximate surface area is 172 Å². The molecule has 9 heteroatoms. The first-order valence-electron chi connectivity index (χ1n) is 8.71. The fourth-order valence-electron chi connectivity index (χ4n) is 2.24. The molecule has 2 rings (SSSR count). The number of hydrogen-bond donors (Lipinski definition) is 2. The van der Waals surface area contributed by atoms with Crippen LogP contribution in [0.4, 0.5) is 0 Å². The van der Waals surface area contributed by atoms with Gasteiger partial charge in [-0.2, -0.15) is 0 Å². The summed E-state index contributed by atoms with van der Waals surface area (Å²) in [6, 6.07) is 8.82. The highest BCUT2D eigenvalue weighted by Gasteiger charge is 2.08. The van der Waals surface area contributed by atoms with Gasteiger partial charge in [-0.05, 0) is 41.6 Å². The molecule has 0 aliphatic heterocycles. The van der Waals surface area contributed by atoms with Crippen molar-refractivity contribution in [3.05, 3.63) is 52.2 Å². The highest BCUT2D eigenvalue weighted by molar-refractivity contribution is 7.09. The van der Waals surface area contributed by atoms with Crippen LogP contribution in [0.2, 0.25) is 0 Å². The number of esters is 1. The average molecular weight is 418 g/mol. The second-order valence-electron chi connectivity index (χ2n) is 5.79. The molecule has 2 amide bonds. The zero-order valence-electron chi connectivity index (χ0n) is 15.9. The van der Waals surface area contributed by atoms with Gasteiger partial charge in [-0.25, -0.2) is 4.79 Å². The minimum Gasteiger partial charge on any atom is -0.493 e. The summed E-state index contributed by atoms with van der Waals surface area (Å²) in [6.07, 6.45) is 3.45. The minimum atomic E-state index is -0.647. The molecule has 0 fully saturated rings. The summed E-state index contributed by atoms with van der Waals surface area (Å²) in [5.74, 6) is -0.876. The molecule has 0 saturated heterocycles. The molecule has 1 aromatic heterocycles. The number of nitrogens with one attached hydrogen (secondary N) is 1. The lowest BCUT2D eigenvalue weighted by Gasteiger charge is -2.09. The van der Waals surface area contributed by atoms with E-state index in [-0.39, 0.29) is 19.1 Å². The van der Waals surface area contributed by atoms with E-state index in [2.05, 4.69) is 5.32 Å². The number of rotatable bonds is 11. The molecule has 0 aliphatic carbocycles. The molecule has 0 unspecified atom stereocenters. The summed E-state index contributed by atoms with van der Waals surface area (Å²) < 4.78 is 15.3. The molecule has 0 bridgehead atoms. The highest BCUT2D eigenvalue weighted by atomic mass is 32.1. The number of nitrogens with two attached hydrogens (primary N) is 1. The second kappa shape index (κ2) is 11.5. The molecule has 2 aromatic rings. The second-order valence-corrected chi connectivity index (χ2v) is 6.82. The van der Waals surface area contributed by atoms with Crippen LogP contribution in [0.25, 0.3) is 6.08 Å². The topological polar surface area (TPSA) is 117 Å². The Morgan fingerprint density at radius 2 is 2.00 bits per heavy atom. The van der Waals surface area contributed by atoms with Crippen molar-refractivity contribution in [2.75, 3.05) is 26.9 Å². The molecular formula is C20H22N2O6S. The van der Waals surface area contributed by atoms with E-state index < -0.39 is 11.9 Å². The van der Waals surface area contributed by atoms with E-state index in [1.165, 1.54) is 24.1 Å². The third kappa shape index (κ3) is 8.06. The van der Waals surface area contributed by atoms with Crippen molar-refractivity contribution in [2.45, 2.75) is 6.42 Å². The first-order chi connectivity index (χ1) is 14.0. The van der Waals surface area contributed by atoms with Crippen LogP contribution in [0.15, 0.2) is 41.8 Å². The quantitative estimate of drug-likeness (QED) is 0.422. The normalized spacial score (nSPS) is 10.5. The maximum absolute atomic E-state index is 11.8. The number of benzene rings is 1. The summed E-state index contributed by atoms with van der Waals surface area (Å²) in [4.78, 5) is 35.5. The zero-order chi connectivity index (χ0) is 21.1. The van der Waals surface area contributed by atoms with Crippen molar-refractivity contribution < 1.29 is 28.6 Å². The summed E-state index contributed by atoms with van der Waals surface area (Å²) in [6.45, 7) is -0.138. The number of primary amides is 1. The third-order valence-corrected chi connectivity index (χ3v) is 4.52. The van der Waals surface area contributed by atoms with E-state index in [0.717, 1.165) is 6.42 Å². The predicted molar refractivity (Wildman–Crippen MR) is 109 cm³/mol. The monoisotopic (exact) mass is 418 g/mol. The predicted octanol–water partition coefficient (Wildman–Crippen LogP) is 1.54. The molecule has 29 heavy (non-hydrogen) atoms. The molecule has 8 nitrogen and oxygen atoms in total. The van der Waals surface area contributed by atoms with E-state index >= 15 is 0 Å². The number of hydrogen-bond acceptors (Lipinski definition) is 7. The molecule has 1 heterocycles. The summed E-state index contributed by atoms with van der Waals surface area (Å²) in [5.41, 5.74) is 5.69. The van der Waals surface area contributed by atoms with Crippen molar-refractivity contribution in [3.8, 4) is 11.5 Å². The smallest absolute Gasteiger partial charge is 0.331 e. The van der Waals surface area contributed by atoms with Gasteiger partial charge in [0.2, 0.25) is 0 Å². The number of carbonyl (C=O) groups excluding carboxylic acids is 3. The molecule has 0 radical (unpaired) electrons. The van der Waals surface area contributed by atoms with Crippen molar-refractivity contribution in [3.63, 3.8) is 0 Å². The van der Waals surface area contributed by atoms with Crippen LogP contribution in [0.3, 0.4) is 0 Å². The lowest BCUT2D eigenvalue weighted by Crippen LogP contribution is -2.30. The fraction of sp³-hybridized carbons (Fsp3) is 0.250. The summed E-state index contributed by atoms with van der Waals surface area (Å²) >= 11 is 1.62. The molecule has 1 aromatic carbocycles. The fourth-order valence-corrected chi connectivity index (χ4v) is 2.94. The van der Waals surface area contributed by atoms with Crippen molar-refractivity contribution in [2.24, 2.45) is 5.73 Å². The Balaban J connectivity index is 1.77. The number of thiophene rings is 1. The van der Waals surface area contributed by atoms with Crippen LogP contribution in [-0.2, 0) is 25.5 Å². The van der Waals surface area contributed by atoms with E-state index in [4.69, 9.17) is 19.9 Å². The van der Waals surface area contributed by atoms with Gasteiger partial charge in [-0.1, -0.05) is 12.1 Å². The van der Waals surface area contributed by atoms with Gasteiger partial charge in [0.05, 0.1) is 7.11 Å². The molecule has 154 valence electrons. The molecule has 0 saturated carbocycles. The van der Waals surface area contributed by atoms with Gasteiger partial charge in [0.1, 0.15) is 0 Å². The van der Waals surface area contributed by atoms with Gasteiger partial charge in [0.15, 0.2) is 24.7 Å². The first kappa shape index (κ1) is 22.0. The van der Waals surface area contributed by atoms with E-state index in [1.54, 1.807) is 29.5 Å². The van der Waals surface area contributed by atoms with Gasteiger partial charge >= 0.3 is 5.97 Å². The summed E-state index contributed by atoms with van der Waals surface area (Å²) in [7, 11) is 1.45. The molecule has 0 spiro atoms. The number of amides is 2. The Bertz CT molecular complexity index is 864. The molecule has 0 atom stereocenters. The lowest BCUT2D eigenvalue weighted by atomic mass is 10.2. The van der Waals surface area contributed by atoms with Gasteiger partial charge < -0.3 is 25.3 Å². The Kier molecular flexibility index (Phi) is 8.71. The van der Waals surface area contributed by atoms with E-state index in [9.17, 15) is 14.4 Å². The zero-order valence-corrected chi connectivity index (χ0v) is 16.7. The highest BCUT2D eigenvalue weighted by Crippen LogP contribution is 2.28. The summed E-state index contributed by atoms with van der Waals surface area (Å²) in [5, 5.41) is 4.67. The number of carbonyl (C=O) groups is 3. The van der Waals surface area contributed by atoms with Gasteiger partial charge in [0.25, 0.3) is 11.8 Å². The van der Waals surface area contributed by atoms with Crippen LogP contribution >= 0.6 is 11.3 Å². The van der Waals surface area contributed by atoms with Crippen molar-refractivity contribution >= 4 is 35.2 Å². The van der Waals surface area contributed by atoms with Crippen molar-refractivity contribution in [1.29, 1.82) is 0 Å². The van der Waals surface area contributed by atoms with E-state index in [1.807, 2.05) is 17.5 Å². The van der Waals surface area contributed by atoms with Gasteiger partial charge in [0, 0.05) is 17.5 Å². The molecule has 0 aliphatic rings. The Hall–Kier alpha value is -3.33. The minimum absolute atomic E-state index is 0.271. The molecular weight excluding hydrogens is 396 g/mol.